The SMILES string of the molecule is CCCCOCCOCCOCCOCCOCCOCCOCCNc1cccc2c1C(=O)N(C1CCC(=O)NC1=O)C2=O. The molecule has 14 heteroatoms. The highest BCUT2D eigenvalue weighted by molar-refractivity contribution is 6.25. The molecule has 0 bridgehead atoms. The Morgan fingerprint density at radius 2 is 1.22 bits per heavy atom. The molecule has 2 heterocycles. The van der Waals surface area contributed by atoms with E-state index in [4.69, 9.17) is 33.2 Å². The van der Waals surface area contributed by atoms with Crippen molar-refractivity contribution in [1.29, 1.82) is 0 Å². The van der Waals surface area contributed by atoms with E-state index in [1.807, 2.05) is 0 Å². The van der Waals surface area contributed by atoms with Gasteiger partial charge in [-0.15, -0.1) is 0 Å². The van der Waals surface area contributed by atoms with Gasteiger partial charge in [-0.3, -0.25) is 29.4 Å². The number of amides is 4. The molecule has 1 atom stereocenters. The summed E-state index contributed by atoms with van der Waals surface area (Å²) >= 11 is 0. The molecule has 4 amide bonds. The second kappa shape index (κ2) is 21.7. The number of rotatable bonds is 26. The minimum Gasteiger partial charge on any atom is -0.382 e. The number of carbonyl (C=O) groups is 4. The van der Waals surface area contributed by atoms with Crippen LogP contribution in [0.4, 0.5) is 5.69 Å². The maximum Gasteiger partial charge on any atom is 0.264 e. The fourth-order valence-electron chi connectivity index (χ4n) is 4.59. The van der Waals surface area contributed by atoms with Crippen molar-refractivity contribution in [3.63, 3.8) is 0 Å². The van der Waals surface area contributed by atoms with Crippen molar-refractivity contribution in [2.24, 2.45) is 0 Å². The number of piperidine rings is 1. The molecule has 45 heavy (non-hydrogen) atoms. The Bertz CT molecular complexity index is 1070. The molecule has 2 N–H and O–H groups in total. The zero-order valence-electron chi connectivity index (χ0n) is 26.2. The number of hydrogen-bond donors (Lipinski definition) is 2. The number of hydrogen-bond acceptors (Lipinski definition) is 12. The predicted molar refractivity (Wildman–Crippen MR) is 162 cm³/mol. The van der Waals surface area contributed by atoms with Crippen LogP contribution in [0.1, 0.15) is 53.3 Å². The summed E-state index contributed by atoms with van der Waals surface area (Å²) in [5.41, 5.74) is 0.927. The third kappa shape index (κ3) is 12.7. The molecular weight excluding hydrogens is 590 g/mol. The number of benzene rings is 1. The monoisotopic (exact) mass is 637 g/mol. The normalized spacial score (nSPS) is 16.4. The third-order valence-corrected chi connectivity index (χ3v) is 6.90. The first kappa shape index (κ1) is 36.5. The van der Waals surface area contributed by atoms with Gasteiger partial charge >= 0.3 is 0 Å². The summed E-state index contributed by atoms with van der Waals surface area (Å²) < 4.78 is 38.3. The van der Waals surface area contributed by atoms with Crippen LogP contribution >= 0.6 is 0 Å². The van der Waals surface area contributed by atoms with E-state index in [0.29, 0.717) is 98.1 Å². The van der Waals surface area contributed by atoms with Gasteiger partial charge < -0.3 is 38.5 Å². The third-order valence-electron chi connectivity index (χ3n) is 6.90. The van der Waals surface area contributed by atoms with E-state index in [-0.39, 0.29) is 24.0 Å². The second-order valence-electron chi connectivity index (χ2n) is 10.2. The fourth-order valence-corrected chi connectivity index (χ4v) is 4.59. The van der Waals surface area contributed by atoms with E-state index in [1.54, 1.807) is 18.2 Å². The molecular formula is C31H47N3O11. The van der Waals surface area contributed by atoms with E-state index >= 15 is 0 Å². The smallest absolute Gasteiger partial charge is 0.264 e. The van der Waals surface area contributed by atoms with Gasteiger partial charge in [-0.1, -0.05) is 19.4 Å². The molecule has 14 nitrogen and oxygen atoms in total. The van der Waals surface area contributed by atoms with Gasteiger partial charge in [-0.2, -0.15) is 0 Å². The molecule has 0 aliphatic carbocycles. The van der Waals surface area contributed by atoms with Gasteiger partial charge in [-0.05, 0) is 25.0 Å². The number of carbonyl (C=O) groups excluding carboxylic acids is 4. The van der Waals surface area contributed by atoms with Crippen LogP contribution in [0.2, 0.25) is 0 Å². The van der Waals surface area contributed by atoms with Gasteiger partial charge in [0.15, 0.2) is 0 Å². The van der Waals surface area contributed by atoms with Crippen molar-refractivity contribution in [3.05, 3.63) is 29.3 Å². The molecule has 0 saturated carbocycles. The van der Waals surface area contributed by atoms with Crippen LogP contribution in [0, 0.1) is 0 Å². The van der Waals surface area contributed by atoms with Crippen LogP contribution in [0.5, 0.6) is 0 Å². The predicted octanol–water partition coefficient (Wildman–Crippen LogP) is 1.42. The van der Waals surface area contributed by atoms with Crippen LogP contribution in [0.3, 0.4) is 0 Å². The molecule has 2 aliphatic heterocycles. The van der Waals surface area contributed by atoms with Gasteiger partial charge in [0.05, 0.1) is 97.0 Å². The van der Waals surface area contributed by atoms with Crippen molar-refractivity contribution in [1.82, 2.24) is 10.2 Å². The first-order chi connectivity index (χ1) is 22.0. The van der Waals surface area contributed by atoms with E-state index in [2.05, 4.69) is 17.6 Å². The Morgan fingerprint density at radius 1 is 0.711 bits per heavy atom. The van der Waals surface area contributed by atoms with Gasteiger partial charge in [0.1, 0.15) is 6.04 Å². The van der Waals surface area contributed by atoms with E-state index in [9.17, 15) is 19.2 Å². The van der Waals surface area contributed by atoms with Crippen molar-refractivity contribution >= 4 is 29.3 Å². The summed E-state index contributed by atoms with van der Waals surface area (Å²) in [7, 11) is 0. The summed E-state index contributed by atoms with van der Waals surface area (Å²) in [6.45, 7) is 9.54. The molecule has 0 spiro atoms. The van der Waals surface area contributed by atoms with Crippen LogP contribution in [0.25, 0.3) is 0 Å². The minimum absolute atomic E-state index is 0.0717. The minimum atomic E-state index is -1.00. The first-order valence-corrected chi connectivity index (χ1v) is 15.7. The number of anilines is 1. The fraction of sp³-hybridized carbons (Fsp3) is 0.677. The lowest BCUT2D eigenvalue weighted by Gasteiger charge is -2.27. The Kier molecular flexibility index (Phi) is 17.6. The largest absolute Gasteiger partial charge is 0.382 e. The molecule has 252 valence electrons. The molecule has 1 unspecified atom stereocenters. The molecule has 0 aromatic heterocycles. The number of nitrogens with one attached hydrogen (secondary N) is 2. The van der Waals surface area contributed by atoms with Gasteiger partial charge in [0.25, 0.3) is 11.8 Å². The number of unbranched alkanes of at least 4 members (excludes halogenated alkanes) is 1. The number of ether oxygens (including phenoxy) is 7. The van der Waals surface area contributed by atoms with Crippen LogP contribution in [-0.4, -0.2) is 134 Å². The molecule has 3 rings (SSSR count). The average molecular weight is 638 g/mol. The summed E-state index contributed by atoms with van der Waals surface area (Å²) in [4.78, 5) is 50.7. The zero-order chi connectivity index (χ0) is 32.1. The maximum absolute atomic E-state index is 13.1. The van der Waals surface area contributed by atoms with Gasteiger partial charge in [0, 0.05) is 25.3 Å². The van der Waals surface area contributed by atoms with Crippen molar-refractivity contribution < 1.29 is 52.3 Å². The Morgan fingerprint density at radius 3 is 1.73 bits per heavy atom. The first-order valence-electron chi connectivity index (χ1n) is 15.7. The highest BCUT2D eigenvalue weighted by Crippen LogP contribution is 2.32. The van der Waals surface area contributed by atoms with Crippen LogP contribution in [-0.2, 0) is 42.7 Å². The lowest BCUT2D eigenvalue weighted by atomic mass is 10.0. The quantitative estimate of drug-likeness (QED) is 0.111. The number of fused-ring (bicyclic) bond motifs is 1. The summed E-state index contributed by atoms with van der Waals surface area (Å²) in [6.07, 6.45) is 2.39. The molecule has 1 aromatic rings. The molecule has 2 aliphatic rings. The maximum atomic E-state index is 13.1. The van der Waals surface area contributed by atoms with Gasteiger partial charge in [-0.25, -0.2) is 0 Å². The van der Waals surface area contributed by atoms with Crippen LogP contribution in [0.15, 0.2) is 18.2 Å². The standard InChI is InChI=1S/C31H47N3O11/c1-2-3-10-39-12-14-41-16-18-43-20-22-45-23-21-44-19-17-42-15-13-40-11-9-32-25-6-4-5-24-28(25)31(38)34(30(24)37)26-7-8-27(35)33-29(26)36/h4-6,26,32H,2-3,7-23H2,1H3,(H,33,35,36). The highest BCUT2D eigenvalue weighted by atomic mass is 16.6. The highest BCUT2D eigenvalue weighted by Gasteiger charge is 2.45. The second-order valence-corrected chi connectivity index (χ2v) is 10.2. The Labute approximate surface area is 264 Å². The topological polar surface area (TPSA) is 160 Å². The average Bonchev–Trinajstić information content (AvgIpc) is 3.29. The Hall–Kier alpha value is -2.98. The number of imide groups is 2. The summed E-state index contributed by atoms with van der Waals surface area (Å²) in [5.74, 6) is -2.15. The van der Waals surface area contributed by atoms with E-state index in [1.165, 1.54) is 0 Å². The zero-order valence-corrected chi connectivity index (χ0v) is 26.2. The van der Waals surface area contributed by atoms with Crippen molar-refractivity contribution in [3.8, 4) is 0 Å². The summed E-state index contributed by atoms with van der Waals surface area (Å²) in [5, 5.41) is 5.33. The molecule has 1 saturated heterocycles. The molecule has 0 radical (unpaired) electrons. The lowest BCUT2D eigenvalue weighted by Crippen LogP contribution is -2.54. The lowest BCUT2D eigenvalue weighted by molar-refractivity contribution is -0.136. The van der Waals surface area contributed by atoms with Crippen molar-refractivity contribution in [2.75, 3.05) is 104 Å². The molecule has 1 fully saturated rings. The Balaban J connectivity index is 1.12. The number of nitrogens with zero attached hydrogens (tertiary/aromatic N) is 1. The summed E-state index contributed by atoms with van der Waals surface area (Å²) in [6, 6.07) is 3.92. The molecule has 1 aromatic carbocycles. The van der Waals surface area contributed by atoms with E-state index < -0.39 is 29.7 Å². The van der Waals surface area contributed by atoms with Crippen molar-refractivity contribution in [2.45, 2.75) is 38.6 Å². The van der Waals surface area contributed by atoms with E-state index in [0.717, 1.165) is 24.3 Å². The van der Waals surface area contributed by atoms with Gasteiger partial charge in [0.2, 0.25) is 11.8 Å². The van der Waals surface area contributed by atoms with Crippen LogP contribution < -0.4 is 10.6 Å².